The van der Waals surface area contributed by atoms with Crippen LogP contribution >= 0.6 is 11.6 Å². The van der Waals surface area contributed by atoms with Gasteiger partial charge in [-0.3, -0.25) is 14.3 Å². The molecule has 35 heavy (non-hydrogen) atoms. The number of ether oxygens (including phenoxy) is 1. The number of morpholine rings is 1. The van der Waals surface area contributed by atoms with E-state index in [1.165, 1.54) is 14.8 Å². The van der Waals surface area contributed by atoms with Crippen LogP contribution in [0, 0.1) is 5.41 Å². The van der Waals surface area contributed by atoms with E-state index in [-0.39, 0.29) is 23.4 Å². The minimum atomic E-state index is -0.344. The fourth-order valence-corrected chi connectivity index (χ4v) is 4.48. The minimum Gasteiger partial charge on any atom is -0.379 e. The minimum absolute atomic E-state index is 0.0131. The molecule has 1 saturated heterocycles. The van der Waals surface area contributed by atoms with Crippen molar-refractivity contribution in [2.45, 2.75) is 40.2 Å². The maximum Gasteiger partial charge on any atom is 0.351 e. The summed E-state index contributed by atoms with van der Waals surface area (Å²) in [6.45, 7) is 10.5. The summed E-state index contributed by atoms with van der Waals surface area (Å²) in [6.07, 6.45) is 1.30. The highest BCUT2D eigenvalue weighted by Crippen LogP contribution is 2.23. The molecule has 1 aliphatic rings. The Morgan fingerprint density at radius 3 is 2.46 bits per heavy atom. The molecule has 186 valence electrons. The van der Waals surface area contributed by atoms with Gasteiger partial charge in [-0.2, -0.15) is 4.68 Å². The van der Waals surface area contributed by atoms with Gasteiger partial charge >= 0.3 is 5.69 Å². The lowest BCUT2D eigenvalue weighted by atomic mass is 9.90. The zero-order valence-electron chi connectivity index (χ0n) is 20.7. The largest absolute Gasteiger partial charge is 0.379 e. The van der Waals surface area contributed by atoms with Crippen LogP contribution in [0.4, 0.5) is 0 Å². The molecule has 0 radical (unpaired) electrons. The van der Waals surface area contributed by atoms with Crippen LogP contribution in [0.15, 0.2) is 53.3 Å². The molecule has 3 aromatic rings. The third-order valence-electron chi connectivity index (χ3n) is 6.01. The molecular formula is C27H33ClN4O3. The standard InChI is InChI=1S/C27H33ClN4O3/c1-27(2,3)18-24(33)19-31-25(21-5-4-6-22(28)17-21)29-32(26(31)34)23-9-7-20(8-10-23)11-12-30-13-15-35-16-14-30/h4-10,17H,11-16,18-19H2,1-3H3. The van der Waals surface area contributed by atoms with E-state index in [1.807, 2.05) is 57.2 Å². The molecule has 0 aliphatic carbocycles. The first kappa shape index (κ1) is 25.4. The molecule has 0 N–H and O–H groups in total. The van der Waals surface area contributed by atoms with Gasteiger partial charge in [0.15, 0.2) is 11.6 Å². The number of Topliss-reactive ketones (excluding diaryl/α,β-unsaturated/α-hetero) is 1. The van der Waals surface area contributed by atoms with Gasteiger partial charge in [0.05, 0.1) is 25.4 Å². The molecule has 1 fully saturated rings. The molecule has 0 atom stereocenters. The molecule has 0 amide bonds. The molecule has 0 saturated carbocycles. The Bertz CT molecular complexity index is 1220. The highest BCUT2D eigenvalue weighted by Gasteiger charge is 2.22. The van der Waals surface area contributed by atoms with Crippen LogP contribution in [-0.2, 0) is 22.5 Å². The van der Waals surface area contributed by atoms with Crippen molar-refractivity contribution in [2.24, 2.45) is 5.41 Å². The summed E-state index contributed by atoms with van der Waals surface area (Å²) in [4.78, 5) is 28.6. The summed E-state index contributed by atoms with van der Waals surface area (Å²) in [6, 6.07) is 15.1. The molecule has 7 nitrogen and oxygen atoms in total. The topological polar surface area (TPSA) is 69.4 Å². The SMILES string of the molecule is CC(C)(C)CC(=O)Cn1c(-c2cccc(Cl)c2)nn(-c2ccc(CCN3CCOCC3)cc2)c1=O. The van der Waals surface area contributed by atoms with Crippen molar-refractivity contribution in [1.82, 2.24) is 19.2 Å². The molecule has 2 heterocycles. The number of halogens is 1. The second kappa shape index (κ2) is 10.9. The monoisotopic (exact) mass is 496 g/mol. The van der Waals surface area contributed by atoms with Gasteiger partial charge < -0.3 is 4.74 Å². The Hall–Kier alpha value is -2.74. The highest BCUT2D eigenvalue weighted by molar-refractivity contribution is 6.30. The zero-order valence-corrected chi connectivity index (χ0v) is 21.4. The number of nitrogens with zero attached hydrogens (tertiary/aromatic N) is 4. The second-order valence-corrected chi connectivity index (χ2v) is 10.7. The summed E-state index contributed by atoms with van der Waals surface area (Å²) in [7, 11) is 0. The molecule has 0 bridgehead atoms. The molecule has 2 aromatic carbocycles. The summed E-state index contributed by atoms with van der Waals surface area (Å²) in [5.74, 6) is 0.414. The number of carbonyl (C=O) groups is 1. The number of aromatic nitrogens is 3. The van der Waals surface area contributed by atoms with Gasteiger partial charge in [0, 0.05) is 36.6 Å². The van der Waals surface area contributed by atoms with Crippen molar-refractivity contribution in [1.29, 1.82) is 0 Å². The summed E-state index contributed by atoms with van der Waals surface area (Å²) >= 11 is 6.21. The van der Waals surface area contributed by atoms with Crippen LogP contribution in [0.25, 0.3) is 17.1 Å². The van der Waals surface area contributed by atoms with Crippen molar-refractivity contribution in [3.8, 4) is 17.1 Å². The fraction of sp³-hybridized carbons (Fsp3) is 0.444. The van der Waals surface area contributed by atoms with E-state index in [1.54, 1.807) is 12.1 Å². The van der Waals surface area contributed by atoms with Gasteiger partial charge in [-0.05, 0) is 41.7 Å². The summed E-state index contributed by atoms with van der Waals surface area (Å²) in [5.41, 5.74) is 2.05. The molecule has 0 spiro atoms. The van der Waals surface area contributed by atoms with Crippen molar-refractivity contribution in [3.05, 3.63) is 69.6 Å². The van der Waals surface area contributed by atoms with Crippen molar-refractivity contribution >= 4 is 17.4 Å². The highest BCUT2D eigenvalue weighted by atomic mass is 35.5. The molecule has 0 unspecified atom stereocenters. The van der Waals surface area contributed by atoms with E-state index >= 15 is 0 Å². The predicted molar refractivity (Wildman–Crippen MR) is 138 cm³/mol. The van der Waals surface area contributed by atoms with Crippen LogP contribution in [0.1, 0.15) is 32.8 Å². The Kier molecular flexibility index (Phi) is 7.89. The number of hydrogen-bond acceptors (Lipinski definition) is 5. The molecular weight excluding hydrogens is 464 g/mol. The zero-order chi connectivity index (χ0) is 25.0. The summed E-state index contributed by atoms with van der Waals surface area (Å²) in [5, 5.41) is 5.17. The lowest BCUT2D eigenvalue weighted by Gasteiger charge is -2.26. The number of ketones is 1. The number of carbonyl (C=O) groups excluding carboxylic acids is 1. The quantitative estimate of drug-likeness (QED) is 0.466. The van der Waals surface area contributed by atoms with Crippen molar-refractivity contribution < 1.29 is 9.53 Å². The van der Waals surface area contributed by atoms with Crippen LogP contribution in [-0.4, -0.2) is 57.9 Å². The average molecular weight is 497 g/mol. The van der Waals surface area contributed by atoms with Crippen LogP contribution in [0.5, 0.6) is 0 Å². The van der Waals surface area contributed by atoms with E-state index < -0.39 is 0 Å². The van der Waals surface area contributed by atoms with Gasteiger partial charge in [-0.25, -0.2) is 4.79 Å². The lowest BCUT2D eigenvalue weighted by Crippen LogP contribution is -2.37. The third-order valence-corrected chi connectivity index (χ3v) is 6.24. The van der Waals surface area contributed by atoms with Crippen LogP contribution in [0.3, 0.4) is 0 Å². The maximum atomic E-state index is 13.4. The van der Waals surface area contributed by atoms with Crippen LogP contribution < -0.4 is 5.69 Å². The number of rotatable bonds is 8. The normalized spacial score (nSPS) is 14.9. The Morgan fingerprint density at radius 1 is 1.09 bits per heavy atom. The number of hydrogen-bond donors (Lipinski definition) is 0. The van der Waals surface area contributed by atoms with E-state index in [9.17, 15) is 9.59 Å². The molecule has 1 aromatic heterocycles. The molecule has 1 aliphatic heterocycles. The Morgan fingerprint density at radius 2 is 1.80 bits per heavy atom. The van der Waals surface area contributed by atoms with E-state index in [0.29, 0.717) is 28.5 Å². The van der Waals surface area contributed by atoms with E-state index in [2.05, 4.69) is 10.00 Å². The summed E-state index contributed by atoms with van der Waals surface area (Å²) < 4.78 is 8.23. The molecule has 8 heteroatoms. The van der Waals surface area contributed by atoms with Crippen molar-refractivity contribution in [2.75, 3.05) is 32.8 Å². The predicted octanol–water partition coefficient (Wildman–Crippen LogP) is 4.23. The third kappa shape index (κ3) is 6.69. The Labute approximate surface area is 211 Å². The first-order valence-corrected chi connectivity index (χ1v) is 12.4. The van der Waals surface area contributed by atoms with Gasteiger partial charge in [0.25, 0.3) is 0 Å². The van der Waals surface area contributed by atoms with Gasteiger partial charge in [-0.1, -0.05) is 56.6 Å². The first-order chi connectivity index (χ1) is 16.7. The van der Waals surface area contributed by atoms with E-state index in [4.69, 9.17) is 16.3 Å². The van der Waals surface area contributed by atoms with Gasteiger partial charge in [-0.15, -0.1) is 5.10 Å². The fourth-order valence-electron chi connectivity index (χ4n) is 4.29. The van der Waals surface area contributed by atoms with Gasteiger partial charge in [0.2, 0.25) is 0 Å². The number of benzene rings is 2. The Balaban J connectivity index is 1.61. The lowest BCUT2D eigenvalue weighted by molar-refractivity contribution is -0.121. The van der Waals surface area contributed by atoms with Crippen LogP contribution in [0.2, 0.25) is 5.02 Å². The first-order valence-electron chi connectivity index (χ1n) is 12.1. The average Bonchev–Trinajstić information content (AvgIpc) is 3.13. The maximum absolute atomic E-state index is 13.4. The van der Waals surface area contributed by atoms with Gasteiger partial charge in [0.1, 0.15) is 0 Å². The van der Waals surface area contributed by atoms with Crippen molar-refractivity contribution in [3.63, 3.8) is 0 Å². The smallest absolute Gasteiger partial charge is 0.351 e. The molecule has 4 rings (SSSR count). The second-order valence-electron chi connectivity index (χ2n) is 10.3. The van der Waals surface area contributed by atoms with E-state index in [0.717, 1.165) is 39.3 Å².